The van der Waals surface area contributed by atoms with E-state index in [-0.39, 0.29) is 11.8 Å². The van der Waals surface area contributed by atoms with Crippen molar-refractivity contribution in [2.75, 3.05) is 0 Å². The van der Waals surface area contributed by atoms with Crippen LogP contribution in [-0.2, 0) is 0 Å². The Morgan fingerprint density at radius 1 is 1.20 bits per heavy atom. The van der Waals surface area contributed by atoms with Gasteiger partial charge in [0.15, 0.2) is 0 Å². The van der Waals surface area contributed by atoms with Crippen molar-refractivity contribution in [1.82, 2.24) is 5.32 Å². The maximum absolute atomic E-state index is 11.3. The van der Waals surface area contributed by atoms with E-state index in [2.05, 4.69) is 17.2 Å². The lowest BCUT2D eigenvalue weighted by molar-refractivity contribution is 0.0879. The van der Waals surface area contributed by atoms with E-state index in [1.165, 1.54) is 0 Å². The molecule has 0 unspecified atom stereocenters. The van der Waals surface area contributed by atoms with Gasteiger partial charge in [-0.15, -0.1) is 0 Å². The lowest BCUT2D eigenvalue weighted by atomic mass is 10.1. The zero-order chi connectivity index (χ0) is 10.8. The van der Waals surface area contributed by atoms with Crippen LogP contribution in [0.5, 0.6) is 0 Å². The zero-order valence-electron chi connectivity index (χ0n) is 8.26. The molecular weight excluding hydrogens is 190 g/mol. The number of rotatable bonds is 0. The third-order valence-electron chi connectivity index (χ3n) is 2.15. The third-order valence-corrected chi connectivity index (χ3v) is 2.15. The average molecular weight is 199 g/mol. The molecule has 0 saturated heterocycles. The number of nitrogens with one attached hydrogen (secondary N) is 1. The number of imide groups is 1. The monoisotopic (exact) mass is 199 g/mol. The van der Waals surface area contributed by atoms with Crippen molar-refractivity contribution in [3.8, 4) is 11.8 Å². The van der Waals surface area contributed by atoms with Gasteiger partial charge in [-0.2, -0.15) is 0 Å². The predicted molar refractivity (Wildman–Crippen MR) is 55.4 cm³/mol. The molecule has 1 aromatic carbocycles. The van der Waals surface area contributed by atoms with Crippen molar-refractivity contribution in [3.05, 3.63) is 34.9 Å². The molecule has 0 bridgehead atoms. The Morgan fingerprint density at radius 2 is 1.93 bits per heavy atom. The van der Waals surface area contributed by atoms with E-state index in [4.69, 9.17) is 0 Å². The van der Waals surface area contributed by atoms with Gasteiger partial charge in [0.2, 0.25) is 0 Å². The molecule has 2 rings (SSSR count). The maximum Gasteiger partial charge on any atom is 0.258 e. The third kappa shape index (κ3) is 1.62. The van der Waals surface area contributed by atoms with Gasteiger partial charge in [-0.3, -0.25) is 14.9 Å². The van der Waals surface area contributed by atoms with Gasteiger partial charge < -0.3 is 0 Å². The fraction of sp³-hybridized carbons (Fsp3) is 0.167. The summed E-state index contributed by atoms with van der Waals surface area (Å²) < 4.78 is 0. The summed E-state index contributed by atoms with van der Waals surface area (Å²) in [6.07, 6.45) is 0.766. The summed E-state index contributed by atoms with van der Waals surface area (Å²) in [6, 6.07) is 5.03. The number of amides is 2. The highest BCUT2D eigenvalue weighted by atomic mass is 16.2. The van der Waals surface area contributed by atoms with Crippen LogP contribution in [0, 0.1) is 11.8 Å². The molecule has 74 valence electrons. The fourth-order valence-corrected chi connectivity index (χ4v) is 1.44. The van der Waals surface area contributed by atoms with E-state index in [1.54, 1.807) is 18.2 Å². The number of hydrogen-bond donors (Lipinski definition) is 1. The van der Waals surface area contributed by atoms with Crippen LogP contribution in [0.1, 0.15) is 39.6 Å². The summed E-state index contributed by atoms with van der Waals surface area (Å²) in [5.74, 6) is 5.17. The van der Waals surface area contributed by atoms with Gasteiger partial charge in [0.1, 0.15) is 0 Å². The normalized spacial score (nSPS) is 12.9. The Kier molecular flexibility index (Phi) is 2.26. The molecule has 2 amide bonds. The fourth-order valence-electron chi connectivity index (χ4n) is 1.44. The van der Waals surface area contributed by atoms with Crippen LogP contribution in [0.25, 0.3) is 0 Å². The number of carbonyl (C=O) groups excluding carboxylic acids is 2. The molecule has 1 aromatic rings. The summed E-state index contributed by atoms with van der Waals surface area (Å²) in [5, 5.41) is 2.24. The summed E-state index contributed by atoms with van der Waals surface area (Å²) in [5.41, 5.74) is 1.62. The largest absolute Gasteiger partial charge is 0.288 e. The first-order valence-electron chi connectivity index (χ1n) is 4.71. The molecule has 0 fully saturated rings. The second kappa shape index (κ2) is 3.58. The van der Waals surface area contributed by atoms with Crippen LogP contribution < -0.4 is 5.32 Å². The number of carbonyl (C=O) groups is 2. The molecule has 3 heteroatoms. The Labute approximate surface area is 87.5 Å². The quantitative estimate of drug-likeness (QED) is 0.506. The first kappa shape index (κ1) is 9.47. The standard InChI is InChI=1S/C12H9NO2/c1-2-3-4-8-5-6-9-10(7-8)12(15)13-11(9)14/h5-7H,2H2,1H3,(H,13,14,15). The second-order valence-corrected chi connectivity index (χ2v) is 3.20. The van der Waals surface area contributed by atoms with Crippen LogP contribution in [0.15, 0.2) is 18.2 Å². The zero-order valence-corrected chi connectivity index (χ0v) is 8.26. The lowest BCUT2D eigenvalue weighted by Gasteiger charge is -1.94. The minimum absolute atomic E-state index is 0.329. The predicted octanol–water partition coefficient (Wildman–Crippen LogP) is 1.33. The molecule has 0 spiro atoms. The van der Waals surface area contributed by atoms with Crippen LogP contribution in [0.2, 0.25) is 0 Å². The molecule has 1 N–H and O–H groups in total. The average Bonchev–Trinajstić information content (AvgIpc) is 2.52. The SMILES string of the molecule is CCC#Cc1ccc2c(c1)C(=O)NC2=O. The summed E-state index contributed by atoms with van der Waals surface area (Å²) in [7, 11) is 0. The van der Waals surface area contributed by atoms with Crippen molar-refractivity contribution in [3.63, 3.8) is 0 Å². The molecule has 1 aliphatic rings. The number of fused-ring (bicyclic) bond motifs is 1. The van der Waals surface area contributed by atoms with Crippen LogP contribution >= 0.6 is 0 Å². The van der Waals surface area contributed by atoms with E-state index >= 15 is 0 Å². The topological polar surface area (TPSA) is 46.2 Å². The van der Waals surface area contributed by atoms with Crippen LogP contribution in [0.3, 0.4) is 0 Å². The molecule has 3 nitrogen and oxygen atoms in total. The highest BCUT2D eigenvalue weighted by Crippen LogP contribution is 2.16. The van der Waals surface area contributed by atoms with E-state index < -0.39 is 0 Å². The minimum atomic E-state index is -0.338. The molecule has 0 saturated carbocycles. The Balaban J connectivity index is 2.47. The second-order valence-electron chi connectivity index (χ2n) is 3.20. The molecular formula is C12H9NO2. The number of hydrogen-bond acceptors (Lipinski definition) is 2. The Bertz CT molecular complexity index is 506. The molecule has 0 radical (unpaired) electrons. The lowest BCUT2D eigenvalue weighted by Crippen LogP contribution is -2.19. The summed E-state index contributed by atoms with van der Waals surface area (Å²) in [4.78, 5) is 22.6. The van der Waals surface area contributed by atoms with Gasteiger partial charge in [-0.25, -0.2) is 0 Å². The van der Waals surface area contributed by atoms with Gasteiger partial charge in [-0.05, 0) is 18.2 Å². The van der Waals surface area contributed by atoms with Gasteiger partial charge in [-0.1, -0.05) is 18.8 Å². The first-order chi connectivity index (χ1) is 7.22. The van der Waals surface area contributed by atoms with Crippen molar-refractivity contribution in [2.45, 2.75) is 13.3 Å². The smallest absolute Gasteiger partial charge is 0.258 e. The van der Waals surface area contributed by atoms with Crippen molar-refractivity contribution >= 4 is 11.8 Å². The van der Waals surface area contributed by atoms with E-state index in [9.17, 15) is 9.59 Å². The highest BCUT2D eigenvalue weighted by molar-refractivity contribution is 6.21. The molecule has 0 aliphatic carbocycles. The highest BCUT2D eigenvalue weighted by Gasteiger charge is 2.26. The van der Waals surface area contributed by atoms with Gasteiger partial charge in [0, 0.05) is 12.0 Å². The van der Waals surface area contributed by atoms with Gasteiger partial charge in [0.05, 0.1) is 11.1 Å². The van der Waals surface area contributed by atoms with E-state index in [1.807, 2.05) is 6.92 Å². The number of benzene rings is 1. The summed E-state index contributed by atoms with van der Waals surface area (Å²) >= 11 is 0. The molecule has 0 atom stereocenters. The molecule has 1 heterocycles. The first-order valence-corrected chi connectivity index (χ1v) is 4.71. The Morgan fingerprint density at radius 3 is 2.67 bits per heavy atom. The van der Waals surface area contributed by atoms with Gasteiger partial charge in [0.25, 0.3) is 11.8 Å². The molecule has 0 aromatic heterocycles. The van der Waals surface area contributed by atoms with Crippen LogP contribution in [-0.4, -0.2) is 11.8 Å². The van der Waals surface area contributed by atoms with Crippen molar-refractivity contribution in [1.29, 1.82) is 0 Å². The molecule has 1 aliphatic heterocycles. The van der Waals surface area contributed by atoms with E-state index in [0.717, 1.165) is 12.0 Å². The maximum atomic E-state index is 11.3. The molecule has 15 heavy (non-hydrogen) atoms. The minimum Gasteiger partial charge on any atom is -0.288 e. The van der Waals surface area contributed by atoms with Crippen molar-refractivity contribution < 1.29 is 9.59 Å². The Hall–Kier alpha value is -2.08. The van der Waals surface area contributed by atoms with Gasteiger partial charge >= 0.3 is 0 Å². The van der Waals surface area contributed by atoms with Crippen molar-refractivity contribution in [2.24, 2.45) is 0 Å². The van der Waals surface area contributed by atoms with Crippen LogP contribution in [0.4, 0.5) is 0 Å². The van der Waals surface area contributed by atoms with E-state index in [0.29, 0.717) is 11.1 Å². The summed E-state index contributed by atoms with van der Waals surface area (Å²) in [6.45, 7) is 1.95.